The molecule has 0 aromatic rings. The molecule has 0 unspecified atom stereocenters. The lowest BCUT2D eigenvalue weighted by molar-refractivity contribution is 0.297. The topological polar surface area (TPSA) is 73.9 Å². The molecule has 0 aromatic carbocycles. The van der Waals surface area contributed by atoms with Crippen LogP contribution in [-0.2, 0) is 0 Å². The first-order chi connectivity index (χ1) is 9.47. The Hall–Kier alpha value is -0.810. The normalized spacial score (nSPS) is 13.2. The number of hydrogen-bond acceptors (Lipinski definition) is 4. The molecule has 0 aromatic heterocycles. The van der Waals surface area contributed by atoms with Crippen molar-refractivity contribution in [2.45, 2.75) is 53.4 Å². The number of nitrogens with one attached hydrogen (secondary N) is 1. The van der Waals surface area contributed by atoms with Crippen molar-refractivity contribution in [2.75, 3.05) is 32.7 Å². The minimum atomic E-state index is -0.211. The van der Waals surface area contributed by atoms with E-state index >= 15 is 0 Å². The summed E-state index contributed by atoms with van der Waals surface area (Å²) in [6, 6.07) is 0. The molecule has 4 N–H and O–H groups in total. The maximum absolute atomic E-state index is 8.70. The number of nitrogens with two attached hydrogens (primary N) is 1. The fraction of sp³-hybridized carbons (Fsp3) is 0.933. The second-order valence-corrected chi connectivity index (χ2v) is 5.96. The van der Waals surface area contributed by atoms with Crippen molar-refractivity contribution in [2.24, 2.45) is 16.3 Å². The number of nitrogens with zero attached hydrogens (tertiary/aromatic N) is 2. The minimum Gasteiger partial charge on any atom is -0.409 e. The van der Waals surface area contributed by atoms with E-state index in [1.54, 1.807) is 0 Å². The van der Waals surface area contributed by atoms with E-state index in [2.05, 4.69) is 29.2 Å². The molecule has 0 bridgehead atoms. The fourth-order valence-electron chi connectivity index (χ4n) is 2.17. The van der Waals surface area contributed by atoms with Gasteiger partial charge in [0.2, 0.25) is 0 Å². The van der Waals surface area contributed by atoms with Gasteiger partial charge in [0.25, 0.3) is 0 Å². The number of amidine groups is 1. The smallest absolute Gasteiger partial charge is 0.144 e. The molecule has 0 spiro atoms. The van der Waals surface area contributed by atoms with Crippen LogP contribution in [0.1, 0.15) is 53.4 Å². The SMILES string of the molecule is CCN(CC)CCCNCCCCC(C)(C)C(N)=NO. The van der Waals surface area contributed by atoms with Crippen LogP contribution in [0.25, 0.3) is 0 Å². The summed E-state index contributed by atoms with van der Waals surface area (Å²) in [6.45, 7) is 14.0. The molecule has 0 aliphatic carbocycles. The zero-order valence-electron chi connectivity index (χ0n) is 13.8. The van der Waals surface area contributed by atoms with Crippen molar-refractivity contribution < 1.29 is 5.21 Å². The molecular weight excluding hydrogens is 252 g/mol. The highest BCUT2D eigenvalue weighted by Crippen LogP contribution is 2.22. The van der Waals surface area contributed by atoms with Crippen LogP contribution >= 0.6 is 0 Å². The third-order valence-corrected chi connectivity index (χ3v) is 3.93. The molecule has 0 saturated heterocycles. The highest BCUT2D eigenvalue weighted by atomic mass is 16.4. The maximum atomic E-state index is 8.70. The van der Waals surface area contributed by atoms with Gasteiger partial charge in [-0.1, -0.05) is 39.3 Å². The van der Waals surface area contributed by atoms with Crippen molar-refractivity contribution >= 4 is 5.84 Å². The lowest BCUT2D eigenvalue weighted by atomic mass is 9.86. The number of oxime groups is 1. The largest absolute Gasteiger partial charge is 0.409 e. The van der Waals surface area contributed by atoms with Gasteiger partial charge in [-0.15, -0.1) is 0 Å². The molecule has 5 nitrogen and oxygen atoms in total. The Morgan fingerprint density at radius 2 is 1.75 bits per heavy atom. The van der Waals surface area contributed by atoms with Crippen LogP contribution in [0.15, 0.2) is 5.16 Å². The van der Waals surface area contributed by atoms with Crippen molar-refractivity contribution in [3.63, 3.8) is 0 Å². The van der Waals surface area contributed by atoms with Crippen LogP contribution in [-0.4, -0.2) is 48.7 Å². The highest BCUT2D eigenvalue weighted by molar-refractivity contribution is 5.85. The first kappa shape index (κ1) is 19.2. The van der Waals surface area contributed by atoms with Crippen LogP contribution < -0.4 is 11.1 Å². The molecule has 120 valence electrons. The summed E-state index contributed by atoms with van der Waals surface area (Å²) >= 11 is 0. The van der Waals surface area contributed by atoms with E-state index in [0.717, 1.165) is 45.4 Å². The predicted molar refractivity (Wildman–Crippen MR) is 86.3 cm³/mol. The molecule has 0 radical (unpaired) electrons. The third-order valence-electron chi connectivity index (χ3n) is 3.93. The molecule has 0 rings (SSSR count). The van der Waals surface area contributed by atoms with E-state index in [9.17, 15) is 0 Å². The lowest BCUT2D eigenvalue weighted by Gasteiger charge is -2.22. The summed E-state index contributed by atoms with van der Waals surface area (Å²) in [5.74, 6) is 0.324. The summed E-state index contributed by atoms with van der Waals surface area (Å²) in [5, 5.41) is 15.3. The third kappa shape index (κ3) is 8.38. The van der Waals surface area contributed by atoms with Gasteiger partial charge < -0.3 is 21.2 Å². The molecule has 0 saturated carbocycles. The van der Waals surface area contributed by atoms with Crippen LogP contribution in [0.3, 0.4) is 0 Å². The van der Waals surface area contributed by atoms with Gasteiger partial charge in [0.1, 0.15) is 5.84 Å². The minimum absolute atomic E-state index is 0.211. The molecule has 5 heteroatoms. The van der Waals surface area contributed by atoms with Crippen molar-refractivity contribution in [1.82, 2.24) is 10.2 Å². The number of unbranched alkanes of at least 4 members (excludes halogenated alkanes) is 1. The average molecular weight is 286 g/mol. The molecule has 0 fully saturated rings. The second kappa shape index (κ2) is 10.9. The summed E-state index contributed by atoms with van der Waals surface area (Å²) in [5.41, 5.74) is 5.45. The monoisotopic (exact) mass is 286 g/mol. The molecule has 20 heavy (non-hydrogen) atoms. The van der Waals surface area contributed by atoms with Gasteiger partial charge in [0.15, 0.2) is 0 Å². The van der Waals surface area contributed by atoms with Gasteiger partial charge in [0, 0.05) is 5.41 Å². The van der Waals surface area contributed by atoms with Gasteiger partial charge >= 0.3 is 0 Å². The molecule has 0 aliphatic rings. The molecule has 0 amide bonds. The molecular formula is C15H34N4O. The van der Waals surface area contributed by atoms with Crippen LogP contribution in [0, 0.1) is 5.41 Å². The zero-order valence-corrected chi connectivity index (χ0v) is 13.8. The fourth-order valence-corrected chi connectivity index (χ4v) is 2.17. The maximum Gasteiger partial charge on any atom is 0.144 e. The lowest BCUT2D eigenvalue weighted by Crippen LogP contribution is -2.32. The Bertz CT molecular complexity index is 263. The first-order valence-corrected chi connectivity index (χ1v) is 7.89. The Kier molecular flexibility index (Phi) is 10.5. The van der Waals surface area contributed by atoms with E-state index in [4.69, 9.17) is 10.9 Å². The zero-order chi connectivity index (χ0) is 15.4. The van der Waals surface area contributed by atoms with Gasteiger partial charge in [-0.25, -0.2) is 0 Å². The van der Waals surface area contributed by atoms with Crippen molar-refractivity contribution in [1.29, 1.82) is 0 Å². The van der Waals surface area contributed by atoms with E-state index in [-0.39, 0.29) is 5.41 Å². The molecule has 0 aliphatic heterocycles. The second-order valence-electron chi connectivity index (χ2n) is 5.96. The van der Waals surface area contributed by atoms with E-state index in [0.29, 0.717) is 5.84 Å². The van der Waals surface area contributed by atoms with Crippen molar-refractivity contribution in [3.8, 4) is 0 Å². The van der Waals surface area contributed by atoms with E-state index in [1.807, 2.05) is 13.8 Å². The van der Waals surface area contributed by atoms with Gasteiger partial charge in [-0.3, -0.25) is 0 Å². The highest BCUT2D eigenvalue weighted by Gasteiger charge is 2.22. The summed E-state index contributed by atoms with van der Waals surface area (Å²) < 4.78 is 0. The summed E-state index contributed by atoms with van der Waals surface area (Å²) in [6.07, 6.45) is 4.38. The quantitative estimate of drug-likeness (QED) is 0.169. The Morgan fingerprint density at radius 3 is 2.30 bits per heavy atom. The Morgan fingerprint density at radius 1 is 1.15 bits per heavy atom. The standard InChI is InChI=1S/C15H34N4O/c1-5-19(6-2)13-9-12-17-11-8-7-10-15(3,4)14(16)18-20/h17,20H,5-13H2,1-4H3,(H2,16,18). The van der Waals surface area contributed by atoms with E-state index in [1.165, 1.54) is 13.0 Å². The number of rotatable bonds is 12. The summed E-state index contributed by atoms with van der Waals surface area (Å²) in [4.78, 5) is 2.45. The number of hydrogen-bond donors (Lipinski definition) is 3. The van der Waals surface area contributed by atoms with Crippen molar-refractivity contribution in [3.05, 3.63) is 0 Å². The van der Waals surface area contributed by atoms with Crippen LogP contribution in [0.4, 0.5) is 0 Å². The van der Waals surface area contributed by atoms with Gasteiger partial charge in [-0.2, -0.15) is 0 Å². The van der Waals surface area contributed by atoms with Crippen LogP contribution in [0.5, 0.6) is 0 Å². The van der Waals surface area contributed by atoms with Crippen LogP contribution in [0.2, 0.25) is 0 Å². The molecule has 0 atom stereocenters. The predicted octanol–water partition coefficient (Wildman–Crippen LogP) is 2.25. The average Bonchev–Trinajstić information content (AvgIpc) is 2.44. The van der Waals surface area contributed by atoms with E-state index < -0.39 is 0 Å². The Balaban J connectivity index is 3.50. The first-order valence-electron chi connectivity index (χ1n) is 7.89. The molecule has 0 heterocycles. The van der Waals surface area contributed by atoms with Gasteiger partial charge in [-0.05, 0) is 52.0 Å². The Labute approximate surface area is 124 Å². The summed E-state index contributed by atoms with van der Waals surface area (Å²) in [7, 11) is 0. The van der Waals surface area contributed by atoms with Gasteiger partial charge in [0.05, 0.1) is 0 Å².